The van der Waals surface area contributed by atoms with Crippen LogP contribution < -0.4 is 4.90 Å². The Kier molecular flexibility index (Phi) is 6.55. The summed E-state index contributed by atoms with van der Waals surface area (Å²) in [6, 6.07) is 7.51. The van der Waals surface area contributed by atoms with Crippen LogP contribution in [0.3, 0.4) is 0 Å². The molecule has 0 aliphatic rings. The third kappa shape index (κ3) is 5.21. The number of carbonyl (C=O) groups is 1. The number of anilines is 1. The van der Waals surface area contributed by atoms with Gasteiger partial charge in [0.15, 0.2) is 15.7 Å². The molecule has 0 N–H and O–H groups in total. The van der Waals surface area contributed by atoms with E-state index < -0.39 is 15.3 Å². The zero-order valence-corrected chi connectivity index (χ0v) is 18.0. The maximum Gasteiger partial charge on any atom is 0.233 e. The van der Waals surface area contributed by atoms with E-state index in [1.54, 1.807) is 0 Å². The van der Waals surface area contributed by atoms with Crippen molar-refractivity contribution < 1.29 is 13.2 Å². The normalized spacial score (nSPS) is 12.1. The third-order valence-corrected chi connectivity index (χ3v) is 6.10. The number of carbonyl (C=O) groups excluding carboxylic acids is 1. The first-order valence-corrected chi connectivity index (χ1v) is 10.8. The smallest absolute Gasteiger partial charge is 0.233 e. The lowest BCUT2D eigenvalue weighted by Crippen LogP contribution is -2.40. The first-order valence-electron chi connectivity index (χ1n) is 8.40. The number of pyridine rings is 1. The van der Waals surface area contributed by atoms with Crippen molar-refractivity contribution in [3.8, 4) is 0 Å². The van der Waals surface area contributed by atoms with Crippen molar-refractivity contribution in [3.63, 3.8) is 0 Å². The molecule has 1 heterocycles. The van der Waals surface area contributed by atoms with Crippen LogP contribution in [0.1, 0.15) is 33.3 Å². The van der Waals surface area contributed by atoms with Crippen LogP contribution in [0.2, 0.25) is 10.0 Å². The molecule has 0 atom stereocenters. The molecule has 0 unspecified atom stereocenters. The molecule has 0 radical (unpaired) electrons. The Bertz CT molecular complexity index is 936. The standard InChI is InChI=1S/C19H22Cl2N2O3S/c1-5-23(18(24)19(2,3)4)17-16(21)10-13(11-22-17)12-27(25,26)15-8-6-14(20)7-9-15/h6-11H,5,12H2,1-4H3. The highest BCUT2D eigenvalue weighted by atomic mass is 35.5. The number of aromatic nitrogens is 1. The minimum atomic E-state index is -3.56. The van der Waals surface area contributed by atoms with E-state index in [2.05, 4.69) is 4.98 Å². The van der Waals surface area contributed by atoms with Gasteiger partial charge in [-0.3, -0.25) is 9.69 Å². The van der Waals surface area contributed by atoms with E-state index in [1.807, 2.05) is 27.7 Å². The highest BCUT2D eigenvalue weighted by Crippen LogP contribution is 2.29. The monoisotopic (exact) mass is 428 g/mol. The van der Waals surface area contributed by atoms with E-state index in [0.717, 1.165) is 0 Å². The summed E-state index contributed by atoms with van der Waals surface area (Å²) in [7, 11) is -3.56. The topological polar surface area (TPSA) is 67.3 Å². The Hall–Kier alpha value is -1.63. The van der Waals surface area contributed by atoms with Gasteiger partial charge >= 0.3 is 0 Å². The average molecular weight is 429 g/mol. The minimum Gasteiger partial charge on any atom is -0.295 e. The molecule has 0 aliphatic carbocycles. The van der Waals surface area contributed by atoms with Gasteiger partial charge in [0, 0.05) is 23.2 Å². The fourth-order valence-electron chi connectivity index (χ4n) is 2.49. The SMILES string of the molecule is CCN(C(=O)C(C)(C)C)c1ncc(CS(=O)(=O)c2ccc(Cl)cc2)cc1Cl. The number of sulfone groups is 1. The summed E-state index contributed by atoms with van der Waals surface area (Å²) in [5, 5.41) is 0.699. The number of halogens is 2. The predicted octanol–water partition coefficient (Wildman–Crippen LogP) is 4.76. The van der Waals surface area contributed by atoms with Gasteiger partial charge in [0.05, 0.1) is 15.7 Å². The Morgan fingerprint density at radius 1 is 1.15 bits per heavy atom. The van der Waals surface area contributed by atoms with Crippen LogP contribution in [-0.4, -0.2) is 25.9 Å². The number of amides is 1. The second-order valence-corrected chi connectivity index (χ2v) is 9.99. The van der Waals surface area contributed by atoms with Gasteiger partial charge in [-0.15, -0.1) is 0 Å². The lowest BCUT2D eigenvalue weighted by molar-refractivity contribution is -0.125. The molecular weight excluding hydrogens is 407 g/mol. The molecule has 0 spiro atoms. The quantitative estimate of drug-likeness (QED) is 0.687. The number of rotatable bonds is 5. The van der Waals surface area contributed by atoms with Crippen molar-refractivity contribution in [1.82, 2.24) is 4.98 Å². The molecule has 2 rings (SSSR count). The van der Waals surface area contributed by atoms with Gasteiger partial charge in [-0.05, 0) is 42.8 Å². The fourth-order valence-corrected chi connectivity index (χ4v) is 4.22. The summed E-state index contributed by atoms with van der Waals surface area (Å²) < 4.78 is 25.1. The molecule has 0 saturated heterocycles. The van der Waals surface area contributed by atoms with Gasteiger partial charge in [0.1, 0.15) is 0 Å². The van der Waals surface area contributed by atoms with Gasteiger partial charge in [-0.25, -0.2) is 13.4 Å². The first-order chi connectivity index (χ1) is 12.5. The summed E-state index contributed by atoms with van der Waals surface area (Å²) in [6.07, 6.45) is 1.44. The molecule has 1 aromatic carbocycles. The Labute approximate surface area is 170 Å². The summed E-state index contributed by atoms with van der Waals surface area (Å²) in [6.45, 7) is 7.70. The van der Waals surface area contributed by atoms with E-state index in [0.29, 0.717) is 22.9 Å². The summed E-state index contributed by atoms with van der Waals surface area (Å²) >= 11 is 12.1. The van der Waals surface area contributed by atoms with E-state index in [-0.39, 0.29) is 21.6 Å². The lowest BCUT2D eigenvalue weighted by atomic mass is 9.94. The molecular formula is C19H22Cl2N2O3S. The molecule has 8 heteroatoms. The number of hydrogen-bond acceptors (Lipinski definition) is 4. The minimum absolute atomic E-state index is 0.110. The second-order valence-electron chi connectivity index (χ2n) is 7.16. The van der Waals surface area contributed by atoms with E-state index in [9.17, 15) is 13.2 Å². The van der Waals surface area contributed by atoms with Crippen molar-refractivity contribution >= 4 is 44.8 Å². The van der Waals surface area contributed by atoms with Crippen LogP contribution >= 0.6 is 23.2 Å². The predicted molar refractivity (Wildman–Crippen MR) is 109 cm³/mol. The molecule has 27 heavy (non-hydrogen) atoms. The van der Waals surface area contributed by atoms with Crippen LogP contribution in [0.5, 0.6) is 0 Å². The Morgan fingerprint density at radius 2 is 1.74 bits per heavy atom. The highest BCUT2D eigenvalue weighted by Gasteiger charge is 2.29. The first kappa shape index (κ1) is 21.7. The number of benzene rings is 1. The second kappa shape index (κ2) is 8.17. The van der Waals surface area contributed by atoms with Crippen LogP contribution in [-0.2, 0) is 20.4 Å². The molecule has 146 valence electrons. The van der Waals surface area contributed by atoms with Crippen LogP contribution in [0.25, 0.3) is 0 Å². The largest absolute Gasteiger partial charge is 0.295 e. The van der Waals surface area contributed by atoms with Crippen LogP contribution in [0, 0.1) is 5.41 Å². The molecule has 0 saturated carbocycles. The van der Waals surface area contributed by atoms with Crippen molar-refractivity contribution in [1.29, 1.82) is 0 Å². The number of hydrogen-bond donors (Lipinski definition) is 0. The average Bonchev–Trinajstić information content (AvgIpc) is 2.56. The molecule has 1 amide bonds. The van der Waals surface area contributed by atoms with Gasteiger partial charge in [0.2, 0.25) is 5.91 Å². The molecule has 1 aromatic heterocycles. The summed E-state index contributed by atoms with van der Waals surface area (Å²) in [4.78, 5) is 18.5. The molecule has 0 bridgehead atoms. The fraction of sp³-hybridized carbons (Fsp3) is 0.368. The molecule has 5 nitrogen and oxygen atoms in total. The Balaban J connectivity index is 2.31. The molecule has 0 aliphatic heterocycles. The number of nitrogens with zero attached hydrogens (tertiary/aromatic N) is 2. The van der Waals surface area contributed by atoms with Crippen LogP contribution in [0.15, 0.2) is 41.4 Å². The Morgan fingerprint density at radius 3 is 2.22 bits per heavy atom. The molecule has 2 aromatic rings. The third-order valence-electron chi connectivity index (χ3n) is 3.87. The van der Waals surface area contributed by atoms with Crippen molar-refractivity contribution in [2.45, 2.75) is 38.3 Å². The highest BCUT2D eigenvalue weighted by molar-refractivity contribution is 7.90. The molecule has 0 fully saturated rings. The summed E-state index contributed by atoms with van der Waals surface area (Å²) in [5.74, 6) is -0.0336. The van der Waals surface area contributed by atoms with E-state index in [1.165, 1.54) is 41.4 Å². The lowest BCUT2D eigenvalue weighted by Gasteiger charge is -2.28. The zero-order chi connectivity index (χ0) is 20.4. The maximum absolute atomic E-state index is 12.6. The van der Waals surface area contributed by atoms with E-state index in [4.69, 9.17) is 23.2 Å². The van der Waals surface area contributed by atoms with Gasteiger partial charge in [0.25, 0.3) is 0 Å². The van der Waals surface area contributed by atoms with Gasteiger partial charge < -0.3 is 0 Å². The zero-order valence-electron chi connectivity index (χ0n) is 15.7. The van der Waals surface area contributed by atoms with Crippen molar-refractivity contribution in [2.75, 3.05) is 11.4 Å². The summed E-state index contributed by atoms with van der Waals surface area (Å²) in [5.41, 5.74) is -0.143. The van der Waals surface area contributed by atoms with Gasteiger partial charge in [-0.1, -0.05) is 44.0 Å². The van der Waals surface area contributed by atoms with Gasteiger partial charge in [-0.2, -0.15) is 0 Å². The van der Waals surface area contributed by atoms with Crippen molar-refractivity contribution in [2.24, 2.45) is 5.41 Å². The maximum atomic E-state index is 12.6. The van der Waals surface area contributed by atoms with Crippen molar-refractivity contribution in [3.05, 3.63) is 52.1 Å². The van der Waals surface area contributed by atoms with Crippen LogP contribution in [0.4, 0.5) is 5.82 Å². The van der Waals surface area contributed by atoms with E-state index >= 15 is 0 Å².